The van der Waals surface area contributed by atoms with E-state index < -0.39 is 11.9 Å². The first kappa shape index (κ1) is 19.5. The van der Waals surface area contributed by atoms with Gasteiger partial charge in [-0.05, 0) is 18.2 Å². The summed E-state index contributed by atoms with van der Waals surface area (Å²) in [5, 5.41) is 19.7. The van der Waals surface area contributed by atoms with Crippen LogP contribution in [0.3, 0.4) is 0 Å². The van der Waals surface area contributed by atoms with Crippen LogP contribution in [0.4, 0.5) is 0 Å². The number of pyridine rings is 1. The van der Waals surface area contributed by atoms with Gasteiger partial charge in [0.1, 0.15) is 5.03 Å². The number of likely N-dealkylation sites (tertiary alicyclic amines) is 1. The van der Waals surface area contributed by atoms with E-state index in [1.165, 1.54) is 25.9 Å². The topological polar surface area (TPSA) is 94.8 Å². The minimum Gasteiger partial charge on any atom is -0.545 e. The first-order valence-electron chi connectivity index (χ1n) is 7.09. The number of halogens is 1. The number of quaternary nitrogens is 1. The number of carboxylic acids is 2. The van der Waals surface area contributed by atoms with Gasteiger partial charge in [-0.15, -0.1) is 11.8 Å². The van der Waals surface area contributed by atoms with Crippen molar-refractivity contribution in [1.29, 1.82) is 0 Å². The van der Waals surface area contributed by atoms with Crippen LogP contribution < -0.4 is 10.0 Å². The fourth-order valence-corrected chi connectivity index (χ4v) is 3.30. The molecule has 0 unspecified atom stereocenters. The minimum absolute atomic E-state index is 0.447. The molecule has 1 saturated heterocycles. The Morgan fingerprint density at radius 2 is 2.09 bits per heavy atom. The van der Waals surface area contributed by atoms with Crippen molar-refractivity contribution in [1.82, 2.24) is 4.98 Å². The van der Waals surface area contributed by atoms with Gasteiger partial charge < -0.3 is 19.9 Å². The summed E-state index contributed by atoms with van der Waals surface area (Å²) in [5.74, 6) is -2.80. The van der Waals surface area contributed by atoms with Gasteiger partial charge in [0.25, 0.3) is 0 Å². The molecule has 0 amide bonds. The standard InChI is InChI=1S/C11H15ClN2S.C4H4O4/c1-14-7-4-9(5-8-14)15-11-10(12)3-2-6-13-11;5-3(6)1-2-4(7)8/h2-3,6,9H,4-5,7-8H2,1H3;1-2H,(H,5,6)(H,7,8)/b;2-1+. The maximum atomic E-state index is 9.53. The molecule has 0 bridgehead atoms. The highest BCUT2D eigenvalue weighted by Crippen LogP contribution is 2.31. The summed E-state index contributed by atoms with van der Waals surface area (Å²) in [4.78, 5) is 24.9. The van der Waals surface area contributed by atoms with E-state index in [1.54, 1.807) is 4.90 Å². The van der Waals surface area contributed by atoms with E-state index in [4.69, 9.17) is 16.7 Å². The predicted octanol–water partition coefficient (Wildman–Crippen LogP) is -0.119. The Morgan fingerprint density at radius 3 is 2.57 bits per heavy atom. The molecule has 0 aliphatic carbocycles. The second-order valence-electron chi connectivity index (χ2n) is 5.06. The zero-order valence-electron chi connectivity index (χ0n) is 12.7. The lowest BCUT2D eigenvalue weighted by molar-refractivity contribution is -0.884. The first-order chi connectivity index (χ1) is 10.9. The molecule has 8 heteroatoms. The molecule has 1 aliphatic rings. The number of carbonyl (C=O) groups excluding carboxylic acids is 1. The van der Waals surface area contributed by atoms with Crippen LogP contribution in [-0.4, -0.2) is 47.4 Å². The third-order valence-corrected chi connectivity index (χ3v) is 4.92. The molecular weight excluding hydrogens is 340 g/mol. The number of hydrogen-bond donors (Lipinski definition) is 2. The van der Waals surface area contributed by atoms with Crippen LogP contribution in [0.5, 0.6) is 0 Å². The summed E-state index contributed by atoms with van der Waals surface area (Å²) >= 11 is 7.92. The van der Waals surface area contributed by atoms with Crippen LogP contribution in [0.2, 0.25) is 5.02 Å². The van der Waals surface area contributed by atoms with Gasteiger partial charge in [-0.25, -0.2) is 9.78 Å². The van der Waals surface area contributed by atoms with E-state index in [2.05, 4.69) is 12.0 Å². The van der Waals surface area contributed by atoms with Crippen molar-refractivity contribution in [2.75, 3.05) is 20.1 Å². The fraction of sp³-hybridized carbons (Fsp3) is 0.400. The summed E-state index contributed by atoms with van der Waals surface area (Å²) in [6.07, 6.45) is 5.29. The highest BCUT2D eigenvalue weighted by Gasteiger charge is 2.21. The number of carboxylic acid groups (broad SMARTS) is 2. The molecule has 126 valence electrons. The van der Waals surface area contributed by atoms with Gasteiger partial charge in [0.2, 0.25) is 0 Å². The van der Waals surface area contributed by atoms with Crippen LogP contribution in [0.25, 0.3) is 0 Å². The molecule has 2 rings (SSSR count). The third kappa shape index (κ3) is 8.59. The largest absolute Gasteiger partial charge is 0.545 e. The molecule has 0 atom stereocenters. The Hall–Kier alpha value is -1.57. The van der Waals surface area contributed by atoms with Gasteiger partial charge in [-0.1, -0.05) is 11.6 Å². The Kier molecular flexibility index (Phi) is 8.68. The van der Waals surface area contributed by atoms with Crippen LogP contribution in [0.15, 0.2) is 35.5 Å². The lowest BCUT2D eigenvalue weighted by atomic mass is 10.1. The number of thioether (sulfide) groups is 1. The van der Waals surface area contributed by atoms with E-state index in [0.29, 0.717) is 17.4 Å². The molecule has 1 aromatic rings. The SMILES string of the molecule is C[NH+]1CCC(Sc2ncccc2Cl)CC1.O=C([O-])/C=C/C(=O)O. The lowest BCUT2D eigenvalue weighted by Gasteiger charge is -2.25. The molecule has 1 fully saturated rings. The number of piperidine rings is 1. The highest BCUT2D eigenvalue weighted by molar-refractivity contribution is 8.00. The van der Waals surface area contributed by atoms with E-state index in [9.17, 15) is 14.7 Å². The van der Waals surface area contributed by atoms with Gasteiger partial charge in [0.05, 0.1) is 31.1 Å². The monoisotopic (exact) mass is 358 g/mol. The summed E-state index contributed by atoms with van der Waals surface area (Å²) in [7, 11) is 2.26. The number of nitrogens with one attached hydrogen (secondary N) is 1. The maximum Gasteiger partial charge on any atom is 0.328 e. The number of aliphatic carboxylic acids is 2. The van der Waals surface area contributed by atoms with Crippen molar-refractivity contribution >= 4 is 35.3 Å². The summed E-state index contributed by atoms with van der Waals surface area (Å²) < 4.78 is 0. The Morgan fingerprint density at radius 1 is 1.43 bits per heavy atom. The highest BCUT2D eigenvalue weighted by atomic mass is 35.5. The van der Waals surface area contributed by atoms with Crippen molar-refractivity contribution < 1.29 is 24.7 Å². The van der Waals surface area contributed by atoms with E-state index in [0.717, 1.165) is 10.0 Å². The first-order valence-corrected chi connectivity index (χ1v) is 8.34. The predicted molar refractivity (Wildman–Crippen MR) is 86.5 cm³/mol. The van der Waals surface area contributed by atoms with E-state index in [-0.39, 0.29) is 0 Å². The molecular formula is C15H19ClN2O4S. The fourth-order valence-electron chi connectivity index (χ4n) is 1.96. The molecule has 1 aliphatic heterocycles. The molecule has 2 heterocycles. The van der Waals surface area contributed by atoms with Gasteiger partial charge in [0, 0.05) is 30.4 Å². The van der Waals surface area contributed by atoms with Gasteiger partial charge in [-0.3, -0.25) is 0 Å². The number of aromatic nitrogens is 1. The van der Waals surface area contributed by atoms with Crippen molar-refractivity contribution in [2.24, 2.45) is 0 Å². The average molecular weight is 359 g/mol. The Balaban J connectivity index is 0.000000284. The summed E-state index contributed by atoms with van der Waals surface area (Å²) in [5.41, 5.74) is 0. The normalized spacial score (nSPS) is 20.6. The second kappa shape index (κ2) is 10.3. The van der Waals surface area contributed by atoms with Crippen LogP contribution >= 0.6 is 23.4 Å². The zero-order chi connectivity index (χ0) is 17.2. The number of nitrogens with zero attached hydrogens (tertiary/aromatic N) is 1. The smallest absolute Gasteiger partial charge is 0.328 e. The molecule has 1 aromatic heterocycles. The van der Waals surface area contributed by atoms with Crippen LogP contribution in [0, 0.1) is 0 Å². The van der Waals surface area contributed by atoms with E-state index in [1.807, 2.05) is 30.1 Å². The summed E-state index contributed by atoms with van der Waals surface area (Å²) in [6, 6.07) is 3.79. The summed E-state index contributed by atoms with van der Waals surface area (Å²) in [6.45, 7) is 2.53. The quantitative estimate of drug-likeness (QED) is 0.729. The van der Waals surface area contributed by atoms with Crippen LogP contribution in [0.1, 0.15) is 12.8 Å². The maximum absolute atomic E-state index is 9.53. The van der Waals surface area contributed by atoms with Crippen molar-refractivity contribution in [3.63, 3.8) is 0 Å². The van der Waals surface area contributed by atoms with Crippen molar-refractivity contribution in [3.8, 4) is 0 Å². The molecule has 0 radical (unpaired) electrons. The third-order valence-electron chi connectivity index (χ3n) is 3.15. The Labute approximate surface area is 144 Å². The molecule has 0 saturated carbocycles. The zero-order valence-corrected chi connectivity index (χ0v) is 14.3. The van der Waals surface area contributed by atoms with Crippen LogP contribution in [-0.2, 0) is 9.59 Å². The van der Waals surface area contributed by atoms with Gasteiger partial charge in [0.15, 0.2) is 0 Å². The second-order valence-corrected chi connectivity index (χ2v) is 6.75. The average Bonchev–Trinajstić information content (AvgIpc) is 2.50. The van der Waals surface area contributed by atoms with Crippen molar-refractivity contribution in [2.45, 2.75) is 23.1 Å². The molecule has 23 heavy (non-hydrogen) atoms. The van der Waals surface area contributed by atoms with Gasteiger partial charge >= 0.3 is 5.97 Å². The molecule has 6 nitrogen and oxygen atoms in total. The number of rotatable bonds is 4. The molecule has 0 spiro atoms. The van der Waals surface area contributed by atoms with E-state index >= 15 is 0 Å². The molecule has 2 N–H and O–H groups in total. The molecule has 0 aromatic carbocycles. The Bertz CT molecular complexity index is 544. The minimum atomic E-state index is -1.51. The lowest BCUT2D eigenvalue weighted by Crippen LogP contribution is -3.10. The number of hydrogen-bond acceptors (Lipinski definition) is 5. The van der Waals surface area contributed by atoms with Gasteiger partial charge in [-0.2, -0.15) is 0 Å². The van der Waals surface area contributed by atoms with Crippen molar-refractivity contribution in [3.05, 3.63) is 35.5 Å². The number of carbonyl (C=O) groups is 2.